The van der Waals surface area contributed by atoms with E-state index in [9.17, 15) is 4.79 Å². The highest BCUT2D eigenvalue weighted by molar-refractivity contribution is 7.20. The molecule has 17 heavy (non-hydrogen) atoms. The minimum absolute atomic E-state index is 0.0476. The van der Waals surface area contributed by atoms with Crippen molar-refractivity contribution in [2.75, 3.05) is 13.1 Å². The van der Waals surface area contributed by atoms with E-state index in [-0.39, 0.29) is 11.3 Å². The molecule has 2 atom stereocenters. The molecule has 1 aromatic heterocycles. The van der Waals surface area contributed by atoms with Gasteiger partial charge in [-0.3, -0.25) is 4.79 Å². The second-order valence-electron chi connectivity index (χ2n) is 4.27. The summed E-state index contributed by atoms with van der Waals surface area (Å²) in [7, 11) is 0. The first-order valence-electron chi connectivity index (χ1n) is 5.37. The minimum atomic E-state index is -0.0476. The Balaban J connectivity index is 2.13. The maximum atomic E-state index is 12.2. The Morgan fingerprint density at radius 3 is 2.76 bits per heavy atom. The lowest BCUT2D eigenvalue weighted by Crippen LogP contribution is -2.43. The molecule has 0 aromatic carbocycles. The van der Waals surface area contributed by atoms with Gasteiger partial charge in [-0.1, -0.05) is 30.1 Å². The number of halogens is 3. The van der Waals surface area contributed by atoms with Gasteiger partial charge in [-0.15, -0.1) is 22.9 Å². The van der Waals surface area contributed by atoms with Crippen LogP contribution in [0.4, 0.5) is 0 Å². The Labute approximate surface area is 119 Å². The molecular formula is C11H12Cl3NOS. The number of hydrogen-bond donors (Lipinski definition) is 0. The first-order chi connectivity index (χ1) is 7.99. The fraction of sp³-hybridized carbons (Fsp3) is 0.545. The fourth-order valence-electron chi connectivity index (χ4n) is 1.96. The van der Waals surface area contributed by atoms with Crippen LogP contribution in [-0.2, 0) is 0 Å². The van der Waals surface area contributed by atoms with Gasteiger partial charge in [0.25, 0.3) is 5.91 Å². The number of amides is 1. The third-order valence-electron chi connectivity index (χ3n) is 2.97. The topological polar surface area (TPSA) is 20.3 Å². The third kappa shape index (κ3) is 2.90. The molecule has 2 heterocycles. The van der Waals surface area contributed by atoms with Crippen LogP contribution in [0.1, 0.15) is 23.7 Å². The Kier molecular flexibility index (Phi) is 4.24. The van der Waals surface area contributed by atoms with Gasteiger partial charge in [0.15, 0.2) is 0 Å². The number of piperidine rings is 1. The summed E-state index contributed by atoms with van der Waals surface area (Å²) in [6.07, 6.45) is 0.823. The van der Waals surface area contributed by atoms with E-state index in [0.717, 1.165) is 6.42 Å². The zero-order valence-electron chi connectivity index (χ0n) is 9.25. The molecule has 0 spiro atoms. The van der Waals surface area contributed by atoms with Crippen LogP contribution in [0.5, 0.6) is 0 Å². The molecule has 0 aliphatic carbocycles. The summed E-state index contributed by atoms with van der Waals surface area (Å²) in [5.41, 5.74) is 0.502. The summed E-state index contributed by atoms with van der Waals surface area (Å²) < 4.78 is 0.999. The normalized spacial score (nSPS) is 25.1. The van der Waals surface area contributed by atoms with Crippen LogP contribution < -0.4 is 0 Å². The SMILES string of the molecule is CC1CN(C(=O)c2cc(Cl)sc2Cl)CCC1Cl. The van der Waals surface area contributed by atoms with Gasteiger partial charge in [0.05, 0.1) is 9.90 Å². The van der Waals surface area contributed by atoms with Gasteiger partial charge in [0.1, 0.15) is 4.34 Å². The number of nitrogens with zero attached hydrogens (tertiary/aromatic N) is 1. The molecule has 0 radical (unpaired) electrons. The Morgan fingerprint density at radius 2 is 2.24 bits per heavy atom. The van der Waals surface area contributed by atoms with Crippen molar-refractivity contribution in [3.8, 4) is 0 Å². The van der Waals surface area contributed by atoms with Crippen molar-refractivity contribution >= 4 is 52.0 Å². The molecule has 1 saturated heterocycles. The highest BCUT2D eigenvalue weighted by Crippen LogP contribution is 2.33. The monoisotopic (exact) mass is 311 g/mol. The molecular weight excluding hydrogens is 301 g/mol. The summed E-state index contributed by atoms with van der Waals surface area (Å²) in [6, 6.07) is 1.63. The summed E-state index contributed by atoms with van der Waals surface area (Å²) in [5.74, 6) is 0.260. The number of rotatable bonds is 1. The zero-order chi connectivity index (χ0) is 12.6. The second-order valence-corrected chi connectivity index (χ2v) is 7.12. The van der Waals surface area contributed by atoms with Gasteiger partial charge >= 0.3 is 0 Å². The second kappa shape index (κ2) is 5.35. The maximum absolute atomic E-state index is 12.2. The number of likely N-dealkylation sites (tertiary alicyclic amines) is 1. The Bertz CT molecular complexity index is 434. The molecule has 2 nitrogen and oxygen atoms in total. The molecule has 0 saturated carbocycles. The van der Waals surface area contributed by atoms with Crippen LogP contribution in [0.25, 0.3) is 0 Å². The maximum Gasteiger partial charge on any atom is 0.256 e. The molecule has 0 bridgehead atoms. The first kappa shape index (κ1) is 13.5. The Morgan fingerprint density at radius 1 is 1.53 bits per heavy atom. The predicted molar refractivity (Wildman–Crippen MR) is 73.7 cm³/mol. The van der Waals surface area contributed by atoms with Crippen LogP contribution >= 0.6 is 46.1 Å². The average Bonchev–Trinajstić information content (AvgIpc) is 2.61. The molecule has 2 rings (SSSR count). The van der Waals surface area contributed by atoms with Gasteiger partial charge in [0, 0.05) is 18.5 Å². The molecule has 1 aromatic rings. The van der Waals surface area contributed by atoms with E-state index in [1.54, 1.807) is 11.0 Å². The van der Waals surface area contributed by atoms with Gasteiger partial charge < -0.3 is 4.90 Å². The molecule has 94 valence electrons. The van der Waals surface area contributed by atoms with E-state index in [1.807, 2.05) is 0 Å². The highest BCUT2D eigenvalue weighted by Gasteiger charge is 2.29. The molecule has 6 heteroatoms. The van der Waals surface area contributed by atoms with E-state index >= 15 is 0 Å². The lowest BCUT2D eigenvalue weighted by Gasteiger charge is -2.34. The van der Waals surface area contributed by atoms with E-state index in [1.165, 1.54) is 11.3 Å². The van der Waals surface area contributed by atoms with Crippen LogP contribution in [0.3, 0.4) is 0 Å². The lowest BCUT2D eigenvalue weighted by atomic mass is 9.99. The number of alkyl halides is 1. The van der Waals surface area contributed by atoms with Crippen LogP contribution in [0, 0.1) is 5.92 Å². The molecule has 1 fully saturated rings. The quantitative estimate of drug-likeness (QED) is 0.714. The highest BCUT2D eigenvalue weighted by atomic mass is 35.5. The summed E-state index contributed by atoms with van der Waals surface area (Å²) in [5, 5.41) is 0.153. The third-order valence-corrected chi connectivity index (χ3v) is 5.11. The molecule has 1 aliphatic rings. The first-order valence-corrected chi connectivity index (χ1v) is 7.38. The average molecular weight is 313 g/mol. The summed E-state index contributed by atoms with van der Waals surface area (Å²) >= 11 is 19.2. The lowest BCUT2D eigenvalue weighted by molar-refractivity contribution is 0.0687. The van der Waals surface area contributed by atoms with E-state index in [4.69, 9.17) is 34.8 Å². The molecule has 2 unspecified atom stereocenters. The van der Waals surface area contributed by atoms with Crippen LogP contribution in [0.15, 0.2) is 6.07 Å². The molecule has 0 N–H and O–H groups in total. The standard InChI is InChI=1S/C11H12Cl3NOS/c1-6-5-15(3-2-8(6)12)11(16)7-4-9(13)17-10(7)14/h4,6,8H,2-3,5H2,1H3. The minimum Gasteiger partial charge on any atom is -0.338 e. The van der Waals surface area contributed by atoms with E-state index in [0.29, 0.717) is 33.2 Å². The van der Waals surface area contributed by atoms with E-state index in [2.05, 4.69) is 6.92 Å². The summed E-state index contributed by atoms with van der Waals surface area (Å²) in [6.45, 7) is 3.41. The predicted octanol–water partition coefficient (Wildman–Crippen LogP) is 4.14. The van der Waals surface area contributed by atoms with Crippen molar-refractivity contribution in [3.05, 3.63) is 20.3 Å². The smallest absolute Gasteiger partial charge is 0.256 e. The van der Waals surface area contributed by atoms with Gasteiger partial charge in [0.2, 0.25) is 0 Å². The number of hydrogen-bond acceptors (Lipinski definition) is 2. The van der Waals surface area contributed by atoms with Crippen molar-refractivity contribution < 1.29 is 4.79 Å². The van der Waals surface area contributed by atoms with Crippen molar-refractivity contribution in [1.82, 2.24) is 4.90 Å². The van der Waals surface area contributed by atoms with Crippen LogP contribution in [0.2, 0.25) is 8.67 Å². The van der Waals surface area contributed by atoms with Crippen molar-refractivity contribution in [3.63, 3.8) is 0 Å². The molecule has 1 aliphatic heterocycles. The summed E-state index contributed by atoms with van der Waals surface area (Å²) in [4.78, 5) is 14.0. The van der Waals surface area contributed by atoms with Crippen LogP contribution in [-0.4, -0.2) is 29.3 Å². The van der Waals surface area contributed by atoms with Crippen molar-refractivity contribution in [2.45, 2.75) is 18.7 Å². The van der Waals surface area contributed by atoms with Crippen molar-refractivity contribution in [1.29, 1.82) is 0 Å². The Hall–Kier alpha value is 0.0400. The van der Waals surface area contributed by atoms with Gasteiger partial charge in [-0.05, 0) is 18.4 Å². The number of thiophene rings is 1. The van der Waals surface area contributed by atoms with Crippen molar-refractivity contribution in [2.24, 2.45) is 5.92 Å². The van der Waals surface area contributed by atoms with Gasteiger partial charge in [-0.25, -0.2) is 0 Å². The molecule has 1 amide bonds. The van der Waals surface area contributed by atoms with Gasteiger partial charge in [-0.2, -0.15) is 0 Å². The van der Waals surface area contributed by atoms with E-state index < -0.39 is 0 Å². The number of carbonyl (C=O) groups is 1. The fourth-order valence-corrected chi connectivity index (χ4v) is 3.58. The largest absolute Gasteiger partial charge is 0.338 e. The number of carbonyl (C=O) groups excluding carboxylic acids is 1. The zero-order valence-corrected chi connectivity index (χ0v) is 12.3.